The van der Waals surface area contributed by atoms with Gasteiger partial charge in [-0.2, -0.15) is 4.31 Å². The van der Waals surface area contributed by atoms with Crippen LogP contribution < -0.4 is 10.3 Å². The Balaban J connectivity index is 1.77. The van der Waals surface area contributed by atoms with E-state index >= 15 is 0 Å². The van der Waals surface area contributed by atoms with Gasteiger partial charge in [-0.1, -0.05) is 12.5 Å². The molecular weight excluding hydrogens is 352 g/mol. The number of benzene rings is 1. The van der Waals surface area contributed by atoms with Crippen LogP contribution in [0.4, 0.5) is 0 Å². The minimum atomic E-state index is -3.54. The third-order valence-electron chi connectivity index (χ3n) is 5.28. The molecule has 0 atom stereocenters. The molecule has 0 unspecified atom stereocenters. The Morgan fingerprint density at radius 1 is 1.08 bits per heavy atom. The third-order valence-corrected chi connectivity index (χ3v) is 7.18. The van der Waals surface area contributed by atoms with E-state index in [2.05, 4.69) is 12.5 Å². The highest BCUT2D eigenvalue weighted by atomic mass is 32.2. The quantitative estimate of drug-likeness (QED) is 0.747. The van der Waals surface area contributed by atoms with Gasteiger partial charge in [0.2, 0.25) is 10.0 Å². The van der Waals surface area contributed by atoms with Gasteiger partial charge in [-0.15, -0.1) is 0 Å². The molecule has 3 rings (SSSR count). The average Bonchev–Trinajstić information content (AvgIpc) is 2.64. The van der Waals surface area contributed by atoms with Gasteiger partial charge in [-0.25, -0.2) is 13.4 Å². The lowest BCUT2D eigenvalue weighted by molar-refractivity contribution is -0.884. The zero-order chi connectivity index (χ0) is 18.7. The molecule has 8 heteroatoms. The highest BCUT2D eigenvalue weighted by Crippen LogP contribution is 2.22. The Labute approximate surface area is 156 Å². The number of aryl methyl sites for hydroxylation is 1. The number of carbonyl (C=O) groups excluding carboxylic acids is 1. The van der Waals surface area contributed by atoms with Crippen molar-refractivity contribution in [2.24, 2.45) is 0 Å². The number of nitrogens with one attached hydrogen (secondary N) is 2. The van der Waals surface area contributed by atoms with Crippen LogP contribution in [0.15, 0.2) is 23.1 Å². The van der Waals surface area contributed by atoms with Crippen LogP contribution in [0.1, 0.15) is 35.2 Å². The summed E-state index contributed by atoms with van der Waals surface area (Å²) < 4.78 is 27.3. The second-order valence-corrected chi connectivity index (χ2v) is 9.26. The number of rotatable bonds is 4. The van der Waals surface area contributed by atoms with Gasteiger partial charge in [0, 0.05) is 18.7 Å². The van der Waals surface area contributed by atoms with E-state index in [0.717, 1.165) is 51.0 Å². The zero-order valence-corrected chi connectivity index (χ0v) is 16.4. The van der Waals surface area contributed by atoms with Crippen molar-refractivity contribution in [3.63, 3.8) is 0 Å². The molecule has 2 aliphatic heterocycles. The number of carbonyl (C=O) groups is 1. The first-order valence-corrected chi connectivity index (χ1v) is 10.8. The standard InChI is InChI=1S/C18H28N4O3S/c1-15-6-7-16(26(24,25)22-8-4-3-5-9-22)14-17(15)18(23)19-21-12-10-20(2)11-13-21/h6-7,14H,3-5,8-13H2,1-2H3,(H,19,23)/p+1. The molecular formula is C18H29N4O3S+. The second-order valence-electron chi connectivity index (χ2n) is 7.33. The number of hydrogen-bond donors (Lipinski definition) is 2. The first-order valence-electron chi connectivity index (χ1n) is 9.36. The number of piperazine rings is 1. The summed E-state index contributed by atoms with van der Waals surface area (Å²) in [5.74, 6) is -0.238. The summed E-state index contributed by atoms with van der Waals surface area (Å²) in [7, 11) is -1.40. The van der Waals surface area contributed by atoms with Gasteiger partial charge in [0.15, 0.2) is 0 Å². The Hall–Kier alpha value is -1.48. The van der Waals surface area contributed by atoms with Gasteiger partial charge in [-0.3, -0.25) is 10.2 Å². The molecule has 2 fully saturated rings. The van der Waals surface area contributed by atoms with E-state index in [1.807, 2.05) is 11.9 Å². The van der Waals surface area contributed by atoms with Crippen molar-refractivity contribution in [1.82, 2.24) is 14.7 Å². The van der Waals surface area contributed by atoms with Crippen LogP contribution in [0, 0.1) is 6.92 Å². The predicted molar refractivity (Wildman–Crippen MR) is 99.4 cm³/mol. The molecule has 0 aromatic heterocycles. The smallest absolute Gasteiger partial charge is 0.265 e. The molecule has 2 saturated heterocycles. The van der Waals surface area contributed by atoms with Gasteiger partial charge in [0.1, 0.15) is 0 Å². The Morgan fingerprint density at radius 2 is 1.73 bits per heavy atom. The van der Waals surface area contributed by atoms with E-state index in [9.17, 15) is 13.2 Å². The lowest BCUT2D eigenvalue weighted by Crippen LogP contribution is -3.12. The second kappa shape index (κ2) is 8.04. The van der Waals surface area contributed by atoms with Crippen LogP contribution in [0.25, 0.3) is 0 Å². The van der Waals surface area contributed by atoms with E-state index in [-0.39, 0.29) is 10.8 Å². The van der Waals surface area contributed by atoms with Crippen molar-refractivity contribution in [3.8, 4) is 0 Å². The molecule has 144 valence electrons. The molecule has 2 N–H and O–H groups in total. The van der Waals surface area contributed by atoms with Crippen molar-refractivity contribution in [1.29, 1.82) is 0 Å². The molecule has 0 spiro atoms. The van der Waals surface area contributed by atoms with Crippen LogP contribution in [-0.4, -0.2) is 70.0 Å². The van der Waals surface area contributed by atoms with E-state index in [0.29, 0.717) is 18.7 Å². The molecule has 0 bridgehead atoms. The molecule has 1 amide bonds. The lowest BCUT2D eigenvalue weighted by Gasteiger charge is -2.30. The topological polar surface area (TPSA) is 74.2 Å². The maximum absolute atomic E-state index is 12.9. The first kappa shape index (κ1) is 19.3. The number of hydrogen-bond acceptors (Lipinski definition) is 4. The number of likely N-dealkylation sites (N-methyl/N-ethyl adjacent to an activating group) is 1. The molecule has 1 aromatic rings. The summed E-state index contributed by atoms with van der Waals surface area (Å²) in [6.45, 7) is 6.49. The minimum Gasteiger partial charge on any atom is -0.335 e. The molecule has 26 heavy (non-hydrogen) atoms. The van der Waals surface area contributed by atoms with Gasteiger partial charge in [-0.05, 0) is 37.5 Å². The fourth-order valence-corrected chi connectivity index (χ4v) is 5.01. The fourth-order valence-electron chi connectivity index (χ4n) is 3.46. The van der Waals surface area contributed by atoms with Crippen LogP contribution in [0.5, 0.6) is 0 Å². The number of piperidine rings is 1. The average molecular weight is 382 g/mol. The number of sulfonamides is 1. The van der Waals surface area contributed by atoms with E-state index in [4.69, 9.17) is 0 Å². The maximum Gasteiger partial charge on any atom is 0.265 e. The SMILES string of the molecule is Cc1ccc(S(=O)(=O)N2CCCCC2)cc1C(=O)NN1CC[NH+](C)CC1. The largest absolute Gasteiger partial charge is 0.335 e. The summed E-state index contributed by atoms with van der Waals surface area (Å²) in [4.78, 5) is 14.4. The molecule has 0 radical (unpaired) electrons. The van der Waals surface area contributed by atoms with E-state index in [1.54, 1.807) is 12.1 Å². The lowest BCUT2D eigenvalue weighted by atomic mass is 10.1. The normalized spacial score (nSPS) is 20.8. The Kier molecular flexibility index (Phi) is 5.96. The fraction of sp³-hybridized carbons (Fsp3) is 0.611. The molecule has 2 heterocycles. The van der Waals surface area contributed by atoms with Crippen molar-refractivity contribution in [2.75, 3.05) is 46.3 Å². The number of nitrogens with zero attached hydrogens (tertiary/aromatic N) is 2. The Bertz CT molecular complexity index is 752. The monoisotopic (exact) mass is 381 g/mol. The van der Waals surface area contributed by atoms with E-state index < -0.39 is 10.0 Å². The van der Waals surface area contributed by atoms with Crippen LogP contribution in [0.2, 0.25) is 0 Å². The summed E-state index contributed by atoms with van der Waals surface area (Å²) in [5.41, 5.74) is 4.13. The summed E-state index contributed by atoms with van der Waals surface area (Å²) >= 11 is 0. The summed E-state index contributed by atoms with van der Waals surface area (Å²) in [6, 6.07) is 4.85. The van der Waals surface area contributed by atoms with Gasteiger partial charge in [0.25, 0.3) is 5.91 Å². The first-order chi connectivity index (χ1) is 12.4. The van der Waals surface area contributed by atoms with Gasteiger partial charge in [0.05, 0.1) is 38.1 Å². The highest BCUT2D eigenvalue weighted by Gasteiger charge is 2.27. The van der Waals surface area contributed by atoms with Crippen molar-refractivity contribution < 1.29 is 18.1 Å². The third kappa shape index (κ3) is 4.25. The minimum absolute atomic E-state index is 0.206. The van der Waals surface area contributed by atoms with Gasteiger partial charge < -0.3 is 4.90 Å². The zero-order valence-electron chi connectivity index (χ0n) is 15.6. The highest BCUT2D eigenvalue weighted by molar-refractivity contribution is 7.89. The Morgan fingerprint density at radius 3 is 2.38 bits per heavy atom. The van der Waals surface area contributed by atoms with Crippen LogP contribution >= 0.6 is 0 Å². The van der Waals surface area contributed by atoms with Crippen molar-refractivity contribution in [3.05, 3.63) is 29.3 Å². The summed E-state index contributed by atoms with van der Waals surface area (Å²) in [5, 5.41) is 1.92. The maximum atomic E-state index is 12.9. The van der Waals surface area contributed by atoms with Crippen molar-refractivity contribution >= 4 is 15.9 Å². The van der Waals surface area contributed by atoms with E-state index in [1.165, 1.54) is 15.3 Å². The van der Waals surface area contributed by atoms with Crippen LogP contribution in [-0.2, 0) is 10.0 Å². The molecule has 1 aromatic carbocycles. The van der Waals surface area contributed by atoms with Gasteiger partial charge >= 0.3 is 0 Å². The predicted octanol–water partition coefficient (Wildman–Crippen LogP) is -0.355. The number of hydrazine groups is 1. The molecule has 7 nitrogen and oxygen atoms in total. The number of amides is 1. The van der Waals surface area contributed by atoms with Crippen molar-refractivity contribution in [2.45, 2.75) is 31.1 Å². The summed E-state index contributed by atoms with van der Waals surface area (Å²) in [6.07, 6.45) is 2.86. The number of quaternary nitrogens is 1. The molecule has 2 aliphatic rings. The molecule has 0 saturated carbocycles. The van der Waals surface area contributed by atoms with Crippen LogP contribution in [0.3, 0.4) is 0 Å². The molecule has 0 aliphatic carbocycles.